The summed E-state index contributed by atoms with van der Waals surface area (Å²) < 4.78 is 0. The number of halogens is 4. The summed E-state index contributed by atoms with van der Waals surface area (Å²) in [5.74, 6) is 0. The Morgan fingerprint density at radius 3 is 1.33 bits per heavy atom. The monoisotopic (exact) mass is 204 g/mol. The van der Waals surface area contributed by atoms with Gasteiger partial charge in [-0.25, -0.2) is 0 Å². The van der Waals surface area contributed by atoms with E-state index in [0.29, 0.717) is 0 Å². The number of hydrogen-bond donors (Lipinski definition) is 0. The van der Waals surface area contributed by atoms with Crippen LogP contribution in [-0.4, -0.2) is 0 Å². The van der Waals surface area contributed by atoms with Crippen LogP contribution in [0.1, 0.15) is 0 Å². The van der Waals surface area contributed by atoms with Gasteiger partial charge in [0.1, 0.15) is 0 Å². The average molecular weight is 206 g/mol. The molecule has 0 rings (SSSR count). The topological polar surface area (TPSA) is 0 Å². The Labute approximate surface area is 57.7 Å². The van der Waals surface area contributed by atoms with Crippen molar-refractivity contribution in [1.82, 2.24) is 0 Å². The van der Waals surface area contributed by atoms with Crippen molar-refractivity contribution in [2.75, 3.05) is 0 Å². The first-order chi connectivity index (χ1) is 2.56. The molecule has 1 atom stereocenters. The Morgan fingerprint density at radius 1 is 1.17 bits per heavy atom. The van der Waals surface area contributed by atoms with Crippen molar-refractivity contribution in [2.45, 2.75) is 0 Å². The summed E-state index contributed by atoms with van der Waals surface area (Å²) in [6.07, 6.45) is 0. The minimum absolute atomic E-state index is 0.0255. The Morgan fingerprint density at radius 2 is 1.33 bits per heavy atom. The molecular formula is H2Cl4P2. The zero-order chi connectivity index (χ0) is 5.21. The first kappa shape index (κ1) is 8.02. The van der Waals surface area contributed by atoms with E-state index in [-0.39, 0.29) is 7.62 Å². The third-order valence-electron chi connectivity index (χ3n) is 0.107. The van der Waals surface area contributed by atoms with Gasteiger partial charge < -0.3 is 0 Å². The molecule has 6 heteroatoms. The van der Waals surface area contributed by atoms with E-state index in [1.807, 2.05) is 0 Å². The van der Waals surface area contributed by atoms with Gasteiger partial charge in [-0.2, -0.15) is 0 Å². The van der Waals surface area contributed by atoms with Gasteiger partial charge in [0.05, 0.1) is 0 Å². The number of hydrogen-bond acceptors (Lipinski definition) is 0. The molecule has 0 fully saturated rings. The molecule has 0 aromatic carbocycles. The molecule has 0 heterocycles. The van der Waals surface area contributed by atoms with Crippen molar-refractivity contribution in [3.05, 3.63) is 0 Å². The van der Waals surface area contributed by atoms with Gasteiger partial charge in [-0.15, -0.1) is 0 Å². The third kappa shape index (κ3) is 6.02. The van der Waals surface area contributed by atoms with E-state index in [1.165, 1.54) is 0 Å². The fourth-order valence-corrected chi connectivity index (χ4v) is 0. The van der Waals surface area contributed by atoms with E-state index in [1.54, 1.807) is 0 Å². The molecular weight excluding hydrogens is 204 g/mol. The van der Waals surface area contributed by atoms with E-state index in [2.05, 4.69) is 0 Å². The standard InChI is InChI=1S/Cl4H2P2/c1-5-6(2,3)4/h5-6H. The molecule has 0 saturated heterocycles. The summed E-state index contributed by atoms with van der Waals surface area (Å²) in [5.41, 5.74) is 0. The zero-order valence-corrected chi connectivity index (χ0v) is 7.54. The summed E-state index contributed by atoms with van der Waals surface area (Å²) >= 11 is 21.0. The number of rotatable bonds is 1. The van der Waals surface area contributed by atoms with Gasteiger partial charge in [-0.05, 0) is 0 Å². The van der Waals surface area contributed by atoms with Crippen molar-refractivity contribution in [1.29, 1.82) is 0 Å². The van der Waals surface area contributed by atoms with Crippen LogP contribution in [0.3, 0.4) is 0 Å². The first-order valence-corrected chi connectivity index (χ1v) is 9.05. The Balaban J connectivity index is 3.17. The maximum absolute atomic E-state index is 5.27. The van der Waals surface area contributed by atoms with Crippen molar-refractivity contribution < 1.29 is 0 Å². The maximum atomic E-state index is 5.27. The Hall–Kier alpha value is 2.02. The van der Waals surface area contributed by atoms with Gasteiger partial charge in [0.15, 0.2) is 0 Å². The normalized spacial score (nSPS) is 16.7. The van der Waals surface area contributed by atoms with Gasteiger partial charge in [-0.1, -0.05) is 0 Å². The van der Waals surface area contributed by atoms with Crippen LogP contribution in [0.15, 0.2) is 0 Å². The Kier molecular flexibility index (Phi) is 4.18. The predicted molar refractivity (Wildman–Crippen MR) is 40.0 cm³/mol. The molecule has 0 spiro atoms. The molecule has 0 aromatic heterocycles. The molecule has 0 nitrogen and oxygen atoms in total. The molecule has 0 aromatic rings. The fourth-order valence-electron chi connectivity index (χ4n) is 0. The molecule has 6 heavy (non-hydrogen) atoms. The second-order valence-corrected chi connectivity index (χ2v) is 16.0. The van der Waals surface area contributed by atoms with Crippen molar-refractivity contribution >= 4 is 57.6 Å². The second kappa shape index (κ2) is 3.13. The van der Waals surface area contributed by atoms with Gasteiger partial charge in [0.2, 0.25) is 0 Å². The Bertz CT molecular complexity index is 35.3. The summed E-state index contributed by atoms with van der Waals surface area (Å²) in [4.78, 5) is 0. The summed E-state index contributed by atoms with van der Waals surface area (Å²) in [6.45, 7) is 0. The fraction of sp³-hybridized carbons (Fsp3) is 0. The molecule has 0 amide bonds. The summed E-state index contributed by atoms with van der Waals surface area (Å²) in [7, 11) is -0.0255. The van der Waals surface area contributed by atoms with Gasteiger partial charge in [-0.3, -0.25) is 0 Å². The predicted octanol–water partition coefficient (Wildman–Crippen LogP) is 3.94. The molecule has 0 aliphatic carbocycles. The molecule has 0 saturated carbocycles. The van der Waals surface area contributed by atoms with E-state index >= 15 is 0 Å². The molecule has 0 radical (unpaired) electrons. The molecule has 0 aliphatic rings. The van der Waals surface area contributed by atoms with Crippen LogP contribution in [0.5, 0.6) is 0 Å². The first-order valence-electron chi connectivity index (χ1n) is 1.01. The second-order valence-electron chi connectivity index (χ2n) is 0.592. The zero-order valence-electron chi connectivity index (χ0n) is 2.51. The third-order valence-corrected chi connectivity index (χ3v) is 8.68. The van der Waals surface area contributed by atoms with Crippen LogP contribution >= 0.6 is 57.6 Å². The van der Waals surface area contributed by atoms with Crippen molar-refractivity contribution in [3.63, 3.8) is 0 Å². The van der Waals surface area contributed by atoms with Crippen LogP contribution in [0.2, 0.25) is 0 Å². The minimum atomic E-state index is -2.42. The van der Waals surface area contributed by atoms with Crippen LogP contribution in [-0.2, 0) is 0 Å². The van der Waals surface area contributed by atoms with E-state index in [0.717, 1.165) is 0 Å². The molecule has 0 N–H and O–H groups in total. The molecule has 0 aliphatic heterocycles. The molecule has 0 bridgehead atoms. The van der Waals surface area contributed by atoms with E-state index in [4.69, 9.17) is 45.0 Å². The SMILES string of the molecule is ClP[PH](Cl)(Cl)Cl. The van der Waals surface area contributed by atoms with Crippen molar-refractivity contribution in [2.24, 2.45) is 0 Å². The molecule has 40 valence electrons. The van der Waals surface area contributed by atoms with Crippen LogP contribution in [0.25, 0.3) is 0 Å². The van der Waals surface area contributed by atoms with Crippen LogP contribution < -0.4 is 0 Å². The molecule has 1 unspecified atom stereocenters. The van der Waals surface area contributed by atoms with E-state index < -0.39 is 5.01 Å². The van der Waals surface area contributed by atoms with E-state index in [9.17, 15) is 0 Å². The average Bonchev–Trinajstić information content (AvgIpc) is 1.35. The van der Waals surface area contributed by atoms with Crippen LogP contribution in [0, 0.1) is 0 Å². The van der Waals surface area contributed by atoms with Gasteiger partial charge in [0, 0.05) is 0 Å². The van der Waals surface area contributed by atoms with Crippen LogP contribution in [0.4, 0.5) is 0 Å². The summed E-state index contributed by atoms with van der Waals surface area (Å²) in [6, 6.07) is 0. The quantitative estimate of drug-likeness (QED) is 0.569. The van der Waals surface area contributed by atoms with Crippen molar-refractivity contribution in [3.8, 4) is 0 Å². The van der Waals surface area contributed by atoms with Gasteiger partial charge >= 0.3 is 57.6 Å². The summed E-state index contributed by atoms with van der Waals surface area (Å²) in [5, 5.41) is -2.42. The van der Waals surface area contributed by atoms with Gasteiger partial charge in [0.25, 0.3) is 0 Å².